The lowest BCUT2D eigenvalue weighted by atomic mass is 9.47. The van der Waals surface area contributed by atoms with Crippen LogP contribution in [0.15, 0.2) is 11.6 Å². The molecule has 0 aromatic rings. The minimum absolute atomic E-state index is 0.0825. The van der Waals surface area contributed by atoms with Crippen LogP contribution in [0.25, 0.3) is 0 Å². The summed E-state index contributed by atoms with van der Waals surface area (Å²) in [7, 11) is 0. The highest BCUT2D eigenvalue weighted by molar-refractivity contribution is 5.81. The normalized spacial score (nSPS) is 49.1. The summed E-state index contributed by atoms with van der Waals surface area (Å²) in [5.74, 6) is 0.901. The number of ether oxygens (including phenoxy) is 6. The van der Waals surface area contributed by atoms with E-state index >= 15 is 0 Å². The maximum atomic E-state index is 13.6. The van der Waals surface area contributed by atoms with Crippen LogP contribution in [0.4, 0.5) is 0 Å². The first-order chi connectivity index (χ1) is 30.2. The van der Waals surface area contributed by atoms with Crippen molar-refractivity contribution in [3.8, 4) is 0 Å². The van der Waals surface area contributed by atoms with Gasteiger partial charge in [-0.2, -0.15) is 0 Å². The molecule has 1 amide bonds. The molecule has 0 spiro atoms. The Morgan fingerprint density at radius 3 is 2.22 bits per heavy atom. The molecule has 3 saturated heterocycles. The first-order valence-electron chi connectivity index (χ1n) is 23.6. The number of nitrogens with one attached hydrogen (secondary N) is 1. The molecule has 7 rings (SSSR count). The number of Topliss-reactive ketones (excluding diaryl/α,β-unsaturated/α-hetero) is 1. The minimum atomic E-state index is -1.74. The fourth-order valence-corrected chi connectivity index (χ4v) is 12.9. The third-order valence-electron chi connectivity index (χ3n) is 16.8. The van der Waals surface area contributed by atoms with Gasteiger partial charge in [0.1, 0.15) is 66.8 Å². The highest BCUT2D eigenvalue weighted by Crippen LogP contribution is 2.67. The lowest BCUT2D eigenvalue weighted by molar-refractivity contribution is -0.382. The summed E-state index contributed by atoms with van der Waals surface area (Å²) in [5.41, 5.74) is 0.994. The number of ketones is 1. The molecule has 18 heteroatoms. The summed E-state index contributed by atoms with van der Waals surface area (Å²) in [5, 5.41) is 99.9. The predicted molar refractivity (Wildman–Crippen MR) is 224 cm³/mol. The van der Waals surface area contributed by atoms with Gasteiger partial charge in [0, 0.05) is 25.8 Å². The van der Waals surface area contributed by atoms with Gasteiger partial charge >= 0.3 is 0 Å². The zero-order valence-electron chi connectivity index (χ0n) is 38.1. The summed E-state index contributed by atoms with van der Waals surface area (Å²) >= 11 is 0. The number of hydrogen-bond acceptors (Lipinski definition) is 17. The Kier molecular flexibility index (Phi) is 15.7. The molecular weight excluding hydrogens is 838 g/mol. The van der Waals surface area contributed by atoms with Crippen LogP contribution in [0.1, 0.15) is 99.3 Å². The molecule has 4 aliphatic carbocycles. The Bertz CT molecular complexity index is 1650. The van der Waals surface area contributed by atoms with E-state index in [0.29, 0.717) is 50.5 Å². The molecule has 3 heterocycles. The van der Waals surface area contributed by atoms with E-state index in [2.05, 4.69) is 25.2 Å². The summed E-state index contributed by atoms with van der Waals surface area (Å²) in [4.78, 5) is 25.0. The average molecular weight is 914 g/mol. The maximum absolute atomic E-state index is 13.6. The van der Waals surface area contributed by atoms with Crippen molar-refractivity contribution in [2.45, 2.75) is 198 Å². The predicted octanol–water partition coefficient (Wildman–Crippen LogP) is -0.206. The minimum Gasteiger partial charge on any atom is -0.394 e. The van der Waals surface area contributed by atoms with E-state index in [1.165, 1.54) is 19.4 Å². The van der Waals surface area contributed by atoms with E-state index in [0.717, 1.165) is 25.7 Å². The molecule has 3 aliphatic heterocycles. The molecule has 0 aromatic carbocycles. The van der Waals surface area contributed by atoms with Crippen molar-refractivity contribution in [1.82, 2.24) is 5.32 Å². The van der Waals surface area contributed by atoms with Gasteiger partial charge in [0.2, 0.25) is 5.91 Å². The Morgan fingerprint density at radius 1 is 0.828 bits per heavy atom. The van der Waals surface area contributed by atoms with Gasteiger partial charge in [0.25, 0.3) is 0 Å². The standard InChI is InChI=1S/C46H75NO17/c1-20(17-47-23(4)49)7-10-29(50)21(2)33-30(51)16-28-26-9-8-24-15-25(11-13-45(24,5)27(26)12-14-46(28,33)6)61-43-39(58)37(56)40(32(18-48)62-43)63-44-41(36(55)34(53)22(3)60-44)64-42-38(57)35(54)31(52)19-59-42/h8,20-22,25-28,30-44,48,51-58H,7,9-19H2,1-6H3,(H,47,49)/t20?,21-,22+,25+,26-,27+,28+,30-,31-,32-,33+,34+,35+,36-,37-,38-,39-,40-,41-,42+,43-,44+,45+,46+/m1/s1. The number of rotatable bonds is 14. The van der Waals surface area contributed by atoms with Crippen molar-refractivity contribution in [2.24, 2.45) is 46.3 Å². The monoisotopic (exact) mass is 914 g/mol. The van der Waals surface area contributed by atoms with E-state index < -0.39 is 105 Å². The van der Waals surface area contributed by atoms with E-state index in [4.69, 9.17) is 28.4 Å². The lowest BCUT2D eigenvalue weighted by Gasteiger charge is -2.58. The molecule has 0 radical (unpaired) electrons. The number of aliphatic hydroxyl groups excluding tert-OH is 9. The van der Waals surface area contributed by atoms with Crippen molar-refractivity contribution in [2.75, 3.05) is 19.8 Å². The molecule has 64 heavy (non-hydrogen) atoms. The van der Waals surface area contributed by atoms with Crippen LogP contribution in [-0.4, -0.2) is 176 Å². The second kappa shape index (κ2) is 20.1. The highest BCUT2D eigenvalue weighted by Gasteiger charge is 2.63. The summed E-state index contributed by atoms with van der Waals surface area (Å²) in [6, 6.07) is 0. The van der Waals surface area contributed by atoms with Crippen LogP contribution in [0.2, 0.25) is 0 Å². The molecule has 18 nitrogen and oxygen atoms in total. The van der Waals surface area contributed by atoms with Crippen LogP contribution in [0.5, 0.6) is 0 Å². The van der Waals surface area contributed by atoms with E-state index in [9.17, 15) is 55.5 Å². The zero-order valence-corrected chi connectivity index (χ0v) is 38.1. The van der Waals surface area contributed by atoms with E-state index in [-0.39, 0.29) is 52.3 Å². The summed E-state index contributed by atoms with van der Waals surface area (Å²) in [6.45, 7) is 11.1. The zero-order chi connectivity index (χ0) is 46.6. The van der Waals surface area contributed by atoms with Crippen molar-refractivity contribution in [3.63, 3.8) is 0 Å². The molecule has 1 unspecified atom stereocenters. The molecule has 6 fully saturated rings. The van der Waals surface area contributed by atoms with Crippen LogP contribution in [-0.2, 0) is 38.0 Å². The third kappa shape index (κ3) is 9.63. The molecule has 3 saturated carbocycles. The van der Waals surface area contributed by atoms with Gasteiger partial charge in [0.05, 0.1) is 31.5 Å². The van der Waals surface area contributed by atoms with Gasteiger partial charge < -0.3 is 79.7 Å². The fraction of sp³-hybridized carbons (Fsp3) is 0.913. The molecule has 0 bridgehead atoms. The van der Waals surface area contributed by atoms with E-state index in [1.807, 2.05) is 13.8 Å². The van der Waals surface area contributed by atoms with E-state index in [1.54, 1.807) is 0 Å². The number of fused-ring (bicyclic) bond motifs is 5. The van der Waals surface area contributed by atoms with Gasteiger partial charge in [-0.05, 0) is 98.7 Å². The number of carbonyl (C=O) groups is 2. The van der Waals surface area contributed by atoms with Crippen LogP contribution < -0.4 is 5.32 Å². The van der Waals surface area contributed by atoms with Crippen LogP contribution in [0.3, 0.4) is 0 Å². The number of aliphatic hydroxyl groups is 9. The smallest absolute Gasteiger partial charge is 0.216 e. The number of carbonyl (C=O) groups excluding carboxylic acids is 2. The third-order valence-corrected chi connectivity index (χ3v) is 16.8. The van der Waals surface area contributed by atoms with Gasteiger partial charge in [-0.3, -0.25) is 9.59 Å². The highest BCUT2D eigenvalue weighted by atomic mass is 16.8. The van der Waals surface area contributed by atoms with Crippen LogP contribution in [0, 0.1) is 46.3 Å². The lowest BCUT2D eigenvalue weighted by Crippen LogP contribution is -2.66. The summed E-state index contributed by atoms with van der Waals surface area (Å²) < 4.78 is 35.4. The van der Waals surface area contributed by atoms with Crippen molar-refractivity contribution >= 4 is 11.7 Å². The van der Waals surface area contributed by atoms with Gasteiger partial charge in [-0.25, -0.2) is 0 Å². The first-order valence-corrected chi connectivity index (χ1v) is 23.6. The average Bonchev–Trinajstić information content (AvgIpc) is 3.54. The fourth-order valence-electron chi connectivity index (χ4n) is 12.9. The molecule has 10 N–H and O–H groups in total. The number of hydrogen-bond donors (Lipinski definition) is 10. The van der Waals surface area contributed by atoms with Gasteiger partial charge in [-0.15, -0.1) is 0 Å². The molecule has 7 aliphatic rings. The topological polar surface area (TPSA) is 284 Å². The van der Waals surface area contributed by atoms with Gasteiger partial charge in [-0.1, -0.05) is 39.3 Å². The second-order valence-corrected chi connectivity index (χ2v) is 20.8. The number of amides is 1. The summed E-state index contributed by atoms with van der Waals surface area (Å²) in [6.07, 6.45) is -13.0. The Hall–Kier alpha value is -1.72. The number of allylic oxidation sites excluding steroid dienone is 1. The largest absolute Gasteiger partial charge is 0.394 e. The molecule has 366 valence electrons. The van der Waals surface area contributed by atoms with Crippen molar-refractivity contribution in [3.05, 3.63) is 11.6 Å². The second-order valence-electron chi connectivity index (χ2n) is 20.8. The SMILES string of the molecule is CC(=O)NCC(C)CCC(=O)[C@@H](C)[C@H]1[C@H](O)C[C@H]2[C@@H]3CC=C4C[C@@H](O[C@@H]5O[C@H](CO)[C@@H](O[C@@H]6O[C@@H](C)[C@H](O)[C@@H](O)[C@H]6O[C@@H]6OC[C@@H](O)[C@H](O)[C@H]6O)[C@H](O)[C@H]5O)CC[C@]4(C)[C@H]3CC[C@]12C. The quantitative estimate of drug-likeness (QED) is 0.101. The van der Waals surface area contributed by atoms with Gasteiger partial charge in [0.15, 0.2) is 18.9 Å². The van der Waals surface area contributed by atoms with Crippen molar-refractivity contribution < 1.29 is 84.0 Å². The molecule has 0 aromatic heterocycles. The molecule has 24 atom stereocenters. The molecular formula is C46H75NO17. The maximum Gasteiger partial charge on any atom is 0.216 e. The van der Waals surface area contributed by atoms with Crippen LogP contribution >= 0.6 is 0 Å². The Labute approximate surface area is 375 Å². The van der Waals surface area contributed by atoms with Crippen molar-refractivity contribution in [1.29, 1.82) is 0 Å². The Morgan fingerprint density at radius 2 is 1.52 bits per heavy atom. The Balaban J connectivity index is 0.972. The first kappa shape index (κ1) is 50.2.